The highest BCUT2D eigenvalue weighted by Crippen LogP contribution is 2.20. The number of guanidine groups is 1. The zero-order valence-corrected chi connectivity index (χ0v) is 13.8. The SMILES string of the molecule is CCNC(=NCC(F)F)NC1CC(C)N(Cc2ccccc2)C1. The summed E-state index contributed by atoms with van der Waals surface area (Å²) in [6, 6.07) is 11.0. The standard InChI is InChI=1S/C17H26F2N4/c1-3-20-17(21-10-16(18)19)22-15-9-13(2)23(12-15)11-14-7-5-4-6-8-14/h4-8,13,15-16H,3,9-12H2,1-2H3,(H2,20,21,22). The topological polar surface area (TPSA) is 39.7 Å². The second kappa shape index (κ2) is 8.82. The number of alkyl halides is 2. The van der Waals surface area contributed by atoms with Crippen LogP contribution in [0, 0.1) is 0 Å². The van der Waals surface area contributed by atoms with Gasteiger partial charge in [-0.1, -0.05) is 30.3 Å². The second-order valence-corrected chi connectivity index (χ2v) is 5.95. The first kappa shape index (κ1) is 17.7. The predicted octanol–water partition coefficient (Wildman–Crippen LogP) is 2.47. The molecule has 2 N–H and O–H groups in total. The number of rotatable bonds is 6. The predicted molar refractivity (Wildman–Crippen MR) is 89.8 cm³/mol. The minimum Gasteiger partial charge on any atom is -0.357 e. The van der Waals surface area contributed by atoms with E-state index in [2.05, 4.69) is 39.6 Å². The lowest BCUT2D eigenvalue weighted by molar-refractivity contribution is 0.158. The molecule has 0 radical (unpaired) electrons. The summed E-state index contributed by atoms with van der Waals surface area (Å²) in [4.78, 5) is 6.34. The largest absolute Gasteiger partial charge is 0.357 e. The average molecular weight is 324 g/mol. The molecule has 0 spiro atoms. The number of hydrogen-bond donors (Lipinski definition) is 2. The van der Waals surface area contributed by atoms with Crippen LogP contribution in [0.2, 0.25) is 0 Å². The van der Waals surface area contributed by atoms with Crippen molar-refractivity contribution in [1.29, 1.82) is 0 Å². The van der Waals surface area contributed by atoms with Gasteiger partial charge in [0, 0.05) is 31.7 Å². The van der Waals surface area contributed by atoms with Crippen molar-refractivity contribution in [2.75, 3.05) is 19.6 Å². The van der Waals surface area contributed by atoms with Crippen LogP contribution in [0.3, 0.4) is 0 Å². The molecule has 0 amide bonds. The van der Waals surface area contributed by atoms with Gasteiger partial charge in [-0.25, -0.2) is 13.8 Å². The van der Waals surface area contributed by atoms with E-state index in [4.69, 9.17) is 0 Å². The maximum absolute atomic E-state index is 12.3. The Morgan fingerprint density at radius 1 is 1.35 bits per heavy atom. The monoisotopic (exact) mass is 324 g/mol. The van der Waals surface area contributed by atoms with Gasteiger partial charge in [-0.2, -0.15) is 0 Å². The normalized spacial score (nSPS) is 22.6. The Morgan fingerprint density at radius 2 is 2.09 bits per heavy atom. The third-order valence-electron chi connectivity index (χ3n) is 4.00. The van der Waals surface area contributed by atoms with Crippen molar-refractivity contribution in [1.82, 2.24) is 15.5 Å². The second-order valence-electron chi connectivity index (χ2n) is 5.95. The molecule has 1 aromatic rings. The van der Waals surface area contributed by atoms with Crippen LogP contribution in [0.15, 0.2) is 35.3 Å². The third-order valence-corrected chi connectivity index (χ3v) is 4.00. The van der Waals surface area contributed by atoms with Crippen LogP contribution >= 0.6 is 0 Å². The number of halogens is 2. The fourth-order valence-electron chi connectivity index (χ4n) is 2.91. The van der Waals surface area contributed by atoms with Crippen LogP contribution < -0.4 is 10.6 Å². The van der Waals surface area contributed by atoms with E-state index >= 15 is 0 Å². The van der Waals surface area contributed by atoms with E-state index in [9.17, 15) is 8.78 Å². The number of hydrogen-bond acceptors (Lipinski definition) is 2. The molecule has 1 aromatic carbocycles. The van der Waals surface area contributed by atoms with Gasteiger partial charge in [-0.15, -0.1) is 0 Å². The molecule has 0 bridgehead atoms. The quantitative estimate of drug-likeness (QED) is 0.624. The van der Waals surface area contributed by atoms with E-state index in [1.807, 2.05) is 25.1 Å². The van der Waals surface area contributed by atoms with Gasteiger partial charge in [-0.3, -0.25) is 4.90 Å². The van der Waals surface area contributed by atoms with Gasteiger partial charge in [0.05, 0.1) is 0 Å². The number of nitrogens with one attached hydrogen (secondary N) is 2. The molecule has 1 aliphatic heterocycles. The molecule has 2 atom stereocenters. The Kier molecular flexibility index (Phi) is 6.77. The maximum Gasteiger partial charge on any atom is 0.257 e. The van der Waals surface area contributed by atoms with Gasteiger partial charge in [0.15, 0.2) is 5.96 Å². The van der Waals surface area contributed by atoms with Crippen molar-refractivity contribution >= 4 is 5.96 Å². The van der Waals surface area contributed by atoms with E-state index in [0.29, 0.717) is 18.5 Å². The van der Waals surface area contributed by atoms with E-state index in [0.717, 1.165) is 19.5 Å². The maximum atomic E-state index is 12.3. The molecule has 0 aliphatic carbocycles. The van der Waals surface area contributed by atoms with Crippen LogP contribution in [-0.2, 0) is 6.54 Å². The summed E-state index contributed by atoms with van der Waals surface area (Å²) in [5.41, 5.74) is 1.29. The minimum absolute atomic E-state index is 0.226. The van der Waals surface area contributed by atoms with Crippen molar-refractivity contribution in [3.05, 3.63) is 35.9 Å². The summed E-state index contributed by atoms with van der Waals surface area (Å²) >= 11 is 0. The van der Waals surface area contributed by atoms with E-state index in [1.165, 1.54) is 5.56 Å². The van der Waals surface area contributed by atoms with E-state index < -0.39 is 13.0 Å². The molecule has 0 aromatic heterocycles. The van der Waals surface area contributed by atoms with Gasteiger partial charge in [0.1, 0.15) is 6.54 Å². The zero-order valence-electron chi connectivity index (χ0n) is 13.8. The molecule has 0 saturated carbocycles. The molecule has 2 unspecified atom stereocenters. The van der Waals surface area contributed by atoms with Gasteiger partial charge in [-0.05, 0) is 25.8 Å². The van der Waals surface area contributed by atoms with Crippen molar-refractivity contribution in [3.63, 3.8) is 0 Å². The van der Waals surface area contributed by atoms with Crippen molar-refractivity contribution in [2.45, 2.75) is 45.3 Å². The first-order valence-electron chi connectivity index (χ1n) is 8.19. The Hall–Kier alpha value is -1.69. The van der Waals surface area contributed by atoms with Crippen molar-refractivity contribution in [3.8, 4) is 0 Å². The molecular formula is C17H26F2N4. The molecule has 1 aliphatic rings. The number of likely N-dealkylation sites (tertiary alicyclic amines) is 1. The van der Waals surface area contributed by atoms with E-state index in [1.54, 1.807) is 0 Å². The molecule has 128 valence electrons. The minimum atomic E-state index is -2.41. The Bertz CT molecular complexity index is 493. The van der Waals surface area contributed by atoms with Crippen LogP contribution in [0.5, 0.6) is 0 Å². The number of benzene rings is 1. The van der Waals surface area contributed by atoms with Gasteiger partial charge in [0.25, 0.3) is 6.43 Å². The first-order chi connectivity index (χ1) is 11.1. The Morgan fingerprint density at radius 3 is 2.74 bits per heavy atom. The van der Waals surface area contributed by atoms with Crippen molar-refractivity contribution < 1.29 is 8.78 Å². The van der Waals surface area contributed by atoms with Crippen LogP contribution in [0.25, 0.3) is 0 Å². The van der Waals surface area contributed by atoms with Crippen molar-refractivity contribution in [2.24, 2.45) is 4.99 Å². The number of nitrogens with zero attached hydrogens (tertiary/aromatic N) is 2. The van der Waals surface area contributed by atoms with Crippen LogP contribution in [-0.4, -0.2) is 49.0 Å². The highest BCUT2D eigenvalue weighted by molar-refractivity contribution is 5.80. The van der Waals surface area contributed by atoms with E-state index in [-0.39, 0.29) is 6.04 Å². The summed E-state index contributed by atoms with van der Waals surface area (Å²) in [7, 11) is 0. The summed E-state index contributed by atoms with van der Waals surface area (Å²) in [5, 5.41) is 6.31. The summed E-state index contributed by atoms with van der Waals surface area (Å²) in [5.74, 6) is 0.478. The first-order valence-corrected chi connectivity index (χ1v) is 8.19. The lowest BCUT2D eigenvalue weighted by Crippen LogP contribution is -2.44. The number of aliphatic imine (C=N–C) groups is 1. The molecular weight excluding hydrogens is 298 g/mol. The van der Waals surface area contributed by atoms with Gasteiger partial charge < -0.3 is 10.6 Å². The molecule has 1 saturated heterocycles. The lowest BCUT2D eigenvalue weighted by atomic mass is 10.2. The smallest absolute Gasteiger partial charge is 0.257 e. The molecule has 1 fully saturated rings. The molecule has 1 heterocycles. The van der Waals surface area contributed by atoms with Gasteiger partial charge >= 0.3 is 0 Å². The molecule has 23 heavy (non-hydrogen) atoms. The average Bonchev–Trinajstić information content (AvgIpc) is 2.86. The summed E-state index contributed by atoms with van der Waals surface area (Å²) < 4.78 is 24.7. The van der Waals surface area contributed by atoms with Crippen LogP contribution in [0.4, 0.5) is 8.78 Å². The third kappa shape index (κ3) is 5.78. The summed E-state index contributed by atoms with van der Waals surface area (Å²) in [6.07, 6.45) is -1.44. The van der Waals surface area contributed by atoms with Gasteiger partial charge in [0.2, 0.25) is 0 Å². The fourth-order valence-corrected chi connectivity index (χ4v) is 2.91. The zero-order chi connectivity index (χ0) is 16.7. The fraction of sp³-hybridized carbons (Fsp3) is 0.588. The Balaban J connectivity index is 1.90. The highest BCUT2D eigenvalue weighted by Gasteiger charge is 2.29. The highest BCUT2D eigenvalue weighted by atomic mass is 19.3. The molecule has 2 rings (SSSR count). The lowest BCUT2D eigenvalue weighted by Gasteiger charge is -2.21. The Labute approximate surface area is 137 Å². The van der Waals surface area contributed by atoms with Crippen LogP contribution in [0.1, 0.15) is 25.8 Å². The molecule has 4 nitrogen and oxygen atoms in total. The summed E-state index contributed by atoms with van der Waals surface area (Å²) in [6.45, 7) is 6.11. The molecule has 6 heteroatoms.